The van der Waals surface area contributed by atoms with Gasteiger partial charge in [-0.25, -0.2) is 4.79 Å². The molecule has 2 rings (SSSR count). The summed E-state index contributed by atoms with van der Waals surface area (Å²) in [6, 6.07) is 0. The SMILES string of the molecule is CC(C)(C)OC(=O)N1CCC(C)(OCc2ncon2)CC1. The van der Waals surface area contributed by atoms with Crippen molar-refractivity contribution in [2.75, 3.05) is 13.1 Å². The van der Waals surface area contributed by atoms with Crippen LogP contribution in [0.25, 0.3) is 0 Å². The van der Waals surface area contributed by atoms with Crippen LogP contribution in [0.5, 0.6) is 0 Å². The van der Waals surface area contributed by atoms with Gasteiger partial charge in [0.15, 0.2) is 5.82 Å². The van der Waals surface area contributed by atoms with Gasteiger partial charge in [0.05, 0.1) is 5.60 Å². The average molecular weight is 297 g/mol. The lowest BCUT2D eigenvalue weighted by molar-refractivity contribution is -0.0834. The Morgan fingerprint density at radius 1 is 1.43 bits per heavy atom. The number of rotatable bonds is 3. The maximum Gasteiger partial charge on any atom is 0.410 e. The zero-order chi connectivity index (χ0) is 15.5. The first-order valence-electron chi connectivity index (χ1n) is 7.15. The molecule has 1 aromatic heterocycles. The standard InChI is InChI=1S/C14H23N3O4/c1-13(2,3)21-12(18)17-7-5-14(4,6-8-17)19-9-11-15-10-20-16-11/h10H,5-9H2,1-4H3. The van der Waals surface area contributed by atoms with Crippen molar-refractivity contribution in [2.45, 2.75) is 58.3 Å². The molecule has 0 spiro atoms. The number of aromatic nitrogens is 2. The third-order valence-electron chi connectivity index (χ3n) is 3.43. The molecule has 1 saturated heterocycles. The van der Waals surface area contributed by atoms with Crippen LogP contribution in [-0.2, 0) is 16.1 Å². The van der Waals surface area contributed by atoms with Crippen molar-refractivity contribution < 1.29 is 18.8 Å². The number of likely N-dealkylation sites (tertiary alicyclic amines) is 1. The third-order valence-corrected chi connectivity index (χ3v) is 3.43. The zero-order valence-corrected chi connectivity index (χ0v) is 13.1. The number of hydrogen-bond acceptors (Lipinski definition) is 6. The second kappa shape index (κ2) is 6.01. The molecule has 21 heavy (non-hydrogen) atoms. The third kappa shape index (κ3) is 4.70. The van der Waals surface area contributed by atoms with Gasteiger partial charge < -0.3 is 18.9 Å². The fraction of sp³-hybridized carbons (Fsp3) is 0.786. The summed E-state index contributed by atoms with van der Waals surface area (Å²) in [5.41, 5.74) is -0.744. The van der Waals surface area contributed by atoms with Crippen LogP contribution in [0, 0.1) is 0 Å². The molecule has 1 aliphatic heterocycles. The van der Waals surface area contributed by atoms with Crippen LogP contribution in [0.4, 0.5) is 4.79 Å². The first kappa shape index (κ1) is 15.8. The van der Waals surface area contributed by atoms with E-state index in [9.17, 15) is 4.79 Å². The fourth-order valence-electron chi connectivity index (χ4n) is 2.13. The quantitative estimate of drug-likeness (QED) is 0.852. The van der Waals surface area contributed by atoms with E-state index >= 15 is 0 Å². The largest absolute Gasteiger partial charge is 0.444 e. The molecule has 1 amide bonds. The lowest BCUT2D eigenvalue weighted by atomic mass is 9.93. The minimum absolute atomic E-state index is 0.261. The highest BCUT2D eigenvalue weighted by molar-refractivity contribution is 5.68. The van der Waals surface area contributed by atoms with Crippen LogP contribution in [0.15, 0.2) is 10.9 Å². The van der Waals surface area contributed by atoms with Gasteiger partial charge in [-0.3, -0.25) is 0 Å². The van der Waals surface area contributed by atoms with Crippen molar-refractivity contribution in [1.82, 2.24) is 15.0 Å². The van der Waals surface area contributed by atoms with Gasteiger partial charge in [-0.2, -0.15) is 4.98 Å². The molecule has 7 heteroatoms. The molecule has 1 fully saturated rings. The zero-order valence-electron chi connectivity index (χ0n) is 13.1. The molecule has 0 saturated carbocycles. The molecule has 0 bridgehead atoms. The van der Waals surface area contributed by atoms with Crippen molar-refractivity contribution in [2.24, 2.45) is 0 Å². The topological polar surface area (TPSA) is 77.7 Å². The molecule has 0 radical (unpaired) electrons. The highest BCUT2D eigenvalue weighted by Gasteiger charge is 2.34. The molecule has 0 aromatic carbocycles. The van der Waals surface area contributed by atoms with Crippen LogP contribution in [-0.4, -0.2) is 45.4 Å². The summed E-state index contributed by atoms with van der Waals surface area (Å²) < 4.78 is 15.9. The lowest BCUT2D eigenvalue weighted by Gasteiger charge is -2.39. The van der Waals surface area contributed by atoms with Gasteiger partial charge in [0.1, 0.15) is 12.2 Å². The van der Waals surface area contributed by atoms with Crippen molar-refractivity contribution >= 4 is 6.09 Å². The van der Waals surface area contributed by atoms with Crippen LogP contribution >= 0.6 is 0 Å². The summed E-state index contributed by atoms with van der Waals surface area (Å²) in [7, 11) is 0. The van der Waals surface area contributed by atoms with Crippen LogP contribution in [0.2, 0.25) is 0 Å². The highest BCUT2D eigenvalue weighted by atomic mass is 16.6. The van der Waals surface area contributed by atoms with E-state index in [2.05, 4.69) is 14.7 Å². The van der Waals surface area contributed by atoms with Crippen LogP contribution in [0.1, 0.15) is 46.4 Å². The maximum atomic E-state index is 12.0. The molecular weight excluding hydrogens is 274 g/mol. The number of piperidine rings is 1. The van der Waals surface area contributed by atoms with E-state index in [1.165, 1.54) is 6.39 Å². The minimum atomic E-state index is -0.465. The van der Waals surface area contributed by atoms with E-state index in [4.69, 9.17) is 9.47 Å². The van der Waals surface area contributed by atoms with Crippen molar-refractivity contribution in [3.63, 3.8) is 0 Å². The predicted octanol–water partition coefficient (Wildman–Crippen LogP) is 2.38. The summed E-state index contributed by atoms with van der Waals surface area (Å²) in [6.07, 6.45) is 2.53. The van der Waals surface area contributed by atoms with E-state index in [-0.39, 0.29) is 11.7 Å². The smallest absolute Gasteiger partial charge is 0.410 e. The summed E-state index contributed by atoms with van der Waals surface area (Å²) in [6.45, 7) is 9.21. The Morgan fingerprint density at radius 3 is 2.62 bits per heavy atom. The number of hydrogen-bond donors (Lipinski definition) is 0. The second-order valence-corrected chi connectivity index (χ2v) is 6.55. The van der Waals surface area contributed by atoms with Crippen LogP contribution < -0.4 is 0 Å². The predicted molar refractivity (Wildman–Crippen MR) is 74.5 cm³/mol. The molecule has 0 aliphatic carbocycles. The van der Waals surface area contributed by atoms with E-state index in [1.807, 2.05) is 27.7 Å². The average Bonchev–Trinajstić information content (AvgIpc) is 2.88. The Balaban J connectivity index is 1.80. The first-order valence-corrected chi connectivity index (χ1v) is 7.15. The Bertz CT molecular complexity index is 459. The van der Waals surface area contributed by atoms with Crippen molar-refractivity contribution in [3.8, 4) is 0 Å². The number of amides is 1. The summed E-state index contributed by atoms with van der Waals surface area (Å²) in [5.74, 6) is 0.533. The molecule has 0 unspecified atom stereocenters. The van der Waals surface area contributed by atoms with Crippen molar-refractivity contribution in [1.29, 1.82) is 0 Å². The number of ether oxygens (including phenoxy) is 2. The monoisotopic (exact) mass is 297 g/mol. The Morgan fingerprint density at radius 2 is 2.10 bits per heavy atom. The molecule has 1 aliphatic rings. The summed E-state index contributed by atoms with van der Waals surface area (Å²) >= 11 is 0. The van der Waals surface area contributed by atoms with E-state index in [0.29, 0.717) is 25.5 Å². The highest BCUT2D eigenvalue weighted by Crippen LogP contribution is 2.27. The lowest BCUT2D eigenvalue weighted by Crippen LogP contribution is -2.47. The number of nitrogens with zero attached hydrogens (tertiary/aromatic N) is 3. The maximum absolute atomic E-state index is 12.0. The molecule has 7 nitrogen and oxygen atoms in total. The Labute approximate surface area is 124 Å². The van der Waals surface area contributed by atoms with Gasteiger partial charge in [0, 0.05) is 13.1 Å². The van der Waals surface area contributed by atoms with E-state index < -0.39 is 5.60 Å². The normalized spacial score (nSPS) is 18.6. The van der Waals surface area contributed by atoms with Gasteiger partial charge in [0.25, 0.3) is 0 Å². The van der Waals surface area contributed by atoms with Gasteiger partial charge in [-0.05, 0) is 40.5 Å². The second-order valence-electron chi connectivity index (χ2n) is 6.55. The minimum Gasteiger partial charge on any atom is -0.444 e. The Kier molecular flexibility index (Phi) is 4.51. The van der Waals surface area contributed by atoms with Gasteiger partial charge in [-0.15, -0.1) is 0 Å². The first-order chi connectivity index (χ1) is 9.77. The molecule has 1 aromatic rings. The molecule has 2 heterocycles. The van der Waals surface area contributed by atoms with Gasteiger partial charge in [0.2, 0.25) is 6.39 Å². The number of carbonyl (C=O) groups is 1. The van der Waals surface area contributed by atoms with Crippen LogP contribution in [0.3, 0.4) is 0 Å². The van der Waals surface area contributed by atoms with E-state index in [1.54, 1.807) is 4.90 Å². The van der Waals surface area contributed by atoms with E-state index in [0.717, 1.165) is 12.8 Å². The number of carbonyl (C=O) groups excluding carboxylic acids is 1. The summed E-state index contributed by atoms with van der Waals surface area (Å²) in [4.78, 5) is 17.7. The van der Waals surface area contributed by atoms with Gasteiger partial charge in [-0.1, -0.05) is 5.16 Å². The van der Waals surface area contributed by atoms with Crippen molar-refractivity contribution in [3.05, 3.63) is 12.2 Å². The molecule has 118 valence electrons. The molecular formula is C14H23N3O4. The summed E-state index contributed by atoms with van der Waals surface area (Å²) in [5, 5.41) is 3.72. The van der Waals surface area contributed by atoms with Gasteiger partial charge >= 0.3 is 6.09 Å². The molecule has 0 atom stereocenters. The Hall–Kier alpha value is -1.63. The fourth-order valence-corrected chi connectivity index (χ4v) is 2.13. The molecule has 0 N–H and O–H groups in total.